The van der Waals surface area contributed by atoms with Crippen LogP contribution in [0.15, 0.2) is 24.3 Å². The van der Waals surface area contributed by atoms with Crippen molar-refractivity contribution in [2.75, 3.05) is 11.9 Å². The van der Waals surface area contributed by atoms with E-state index in [1.165, 1.54) is 0 Å². The summed E-state index contributed by atoms with van der Waals surface area (Å²) < 4.78 is 0. The third kappa shape index (κ3) is 3.35. The molecule has 1 aromatic rings. The zero-order valence-corrected chi connectivity index (χ0v) is 10.2. The van der Waals surface area contributed by atoms with Gasteiger partial charge in [-0.1, -0.05) is 26.0 Å². The quantitative estimate of drug-likeness (QED) is 0.845. The first-order chi connectivity index (χ1) is 7.54. The van der Waals surface area contributed by atoms with Crippen LogP contribution < -0.4 is 10.6 Å². The van der Waals surface area contributed by atoms with Crippen LogP contribution in [-0.2, 0) is 11.3 Å². The fraction of sp³-hybridized carbons (Fsp3) is 0.462. The van der Waals surface area contributed by atoms with Crippen molar-refractivity contribution >= 4 is 11.6 Å². The summed E-state index contributed by atoms with van der Waals surface area (Å²) in [7, 11) is 1.81. The summed E-state index contributed by atoms with van der Waals surface area (Å²) in [6, 6.07) is 7.77. The number of carbonyl (C=O) groups excluding carboxylic acids is 1. The van der Waals surface area contributed by atoms with Crippen molar-refractivity contribution in [3.63, 3.8) is 0 Å². The Balaban J connectivity index is 2.72. The molecule has 1 amide bonds. The summed E-state index contributed by atoms with van der Waals surface area (Å²) in [6.07, 6.45) is 0.579. The topological polar surface area (TPSA) is 46.3 Å². The number of amides is 1. The molecule has 0 aromatic heterocycles. The molecule has 0 saturated carbocycles. The predicted octanol–water partition coefficient (Wildman–Crippen LogP) is 2.15. The van der Waals surface area contributed by atoms with Crippen molar-refractivity contribution in [2.24, 2.45) is 11.7 Å². The van der Waals surface area contributed by atoms with E-state index in [0.29, 0.717) is 18.9 Å². The van der Waals surface area contributed by atoms with E-state index in [4.69, 9.17) is 5.73 Å². The molecule has 0 heterocycles. The number of rotatable bonds is 4. The zero-order chi connectivity index (χ0) is 12.1. The molecular formula is C13H20N2O. The van der Waals surface area contributed by atoms with Crippen LogP contribution in [0.25, 0.3) is 0 Å². The highest BCUT2D eigenvalue weighted by Crippen LogP contribution is 2.15. The number of hydrogen-bond donors (Lipinski definition) is 1. The van der Waals surface area contributed by atoms with E-state index >= 15 is 0 Å². The molecule has 0 unspecified atom stereocenters. The molecule has 0 aliphatic heterocycles. The van der Waals surface area contributed by atoms with E-state index in [9.17, 15) is 4.79 Å². The Morgan fingerprint density at radius 1 is 1.31 bits per heavy atom. The van der Waals surface area contributed by atoms with Crippen LogP contribution in [-0.4, -0.2) is 13.0 Å². The van der Waals surface area contributed by atoms with Gasteiger partial charge >= 0.3 is 0 Å². The Bertz CT molecular complexity index is 343. The van der Waals surface area contributed by atoms with Gasteiger partial charge in [0.15, 0.2) is 0 Å². The Morgan fingerprint density at radius 2 is 1.88 bits per heavy atom. The molecule has 3 heteroatoms. The van der Waals surface area contributed by atoms with Gasteiger partial charge in [-0.05, 0) is 23.6 Å². The summed E-state index contributed by atoms with van der Waals surface area (Å²) in [5.41, 5.74) is 7.52. The van der Waals surface area contributed by atoms with E-state index < -0.39 is 0 Å². The van der Waals surface area contributed by atoms with E-state index in [2.05, 4.69) is 0 Å². The van der Waals surface area contributed by atoms with Gasteiger partial charge in [0.05, 0.1) is 0 Å². The van der Waals surface area contributed by atoms with Crippen molar-refractivity contribution in [1.29, 1.82) is 0 Å². The lowest BCUT2D eigenvalue weighted by Crippen LogP contribution is -2.27. The predicted molar refractivity (Wildman–Crippen MR) is 67.2 cm³/mol. The molecule has 0 aliphatic carbocycles. The second-order valence-electron chi connectivity index (χ2n) is 4.42. The molecule has 0 saturated heterocycles. The van der Waals surface area contributed by atoms with Crippen molar-refractivity contribution in [3.8, 4) is 0 Å². The number of nitrogens with two attached hydrogens (primary N) is 1. The van der Waals surface area contributed by atoms with Crippen molar-refractivity contribution in [1.82, 2.24) is 0 Å². The van der Waals surface area contributed by atoms with Gasteiger partial charge in [0, 0.05) is 25.7 Å². The second kappa shape index (κ2) is 5.66. The first-order valence-electron chi connectivity index (χ1n) is 5.60. The van der Waals surface area contributed by atoms with Crippen LogP contribution in [0.3, 0.4) is 0 Å². The molecule has 2 N–H and O–H groups in total. The average Bonchev–Trinajstić information content (AvgIpc) is 2.27. The number of anilines is 1. The van der Waals surface area contributed by atoms with Crippen LogP contribution in [0.1, 0.15) is 25.8 Å². The van der Waals surface area contributed by atoms with E-state index in [-0.39, 0.29) is 5.91 Å². The Hall–Kier alpha value is -1.35. The standard InChI is InChI=1S/C13H20N2O/c1-10(2)8-13(16)15(3)12-6-4-11(9-14)5-7-12/h4-7,10H,8-9,14H2,1-3H3. The molecule has 88 valence electrons. The molecular weight excluding hydrogens is 200 g/mol. The van der Waals surface area contributed by atoms with Gasteiger partial charge in [-0.15, -0.1) is 0 Å². The number of hydrogen-bond acceptors (Lipinski definition) is 2. The van der Waals surface area contributed by atoms with Crippen molar-refractivity contribution < 1.29 is 4.79 Å². The molecule has 3 nitrogen and oxygen atoms in total. The maximum atomic E-state index is 11.8. The Labute approximate surface area is 97.2 Å². The van der Waals surface area contributed by atoms with Gasteiger partial charge in [-0.2, -0.15) is 0 Å². The molecule has 1 rings (SSSR count). The lowest BCUT2D eigenvalue weighted by Gasteiger charge is -2.18. The van der Waals surface area contributed by atoms with Crippen molar-refractivity contribution in [2.45, 2.75) is 26.8 Å². The molecule has 0 bridgehead atoms. The lowest BCUT2D eigenvalue weighted by molar-refractivity contribution is -0.119. The van der Waals surface area contributed by atoms with Crippen LogP contribution in [0.2, 0.25) is 0 Å². The SMILES string of the molecule is CC(C)CC(=O)N(C)c1ccc(CN)cc1. The Morgan fingerprint density at radius 3 is 2.31 bits per heavy atom. The number of carbonyl (C=O) groups is 1. The Kier molecular flexibility index (Phi) is 4.50. The van der Waals surface area contributed by atoms with E-state index in [1.54, 1.807) is 4.90 Å². The smallest absolute Gasteiger partial charge is 0.226 e. The third-order valence-electron chi connectivity index (χ3n) is 2.52. The summed E-state index contributed by atoms with van der Waals surface area (Å²) in [4.78, 5) is 13.5. The molecule has 0 atom stereocenters. The number of benzene rings is 1. The molecule has 0 fully saturated rings. The highest BCUT2D eigenvalue weighted by Gasteiger charge is 2.11. The first kappa shape index (κ1) is 12.7. The fourth-order valence-electron chi connectivity index (χ4n) is 1.49. The summed E-state index contributed by atoms with van der Waals surface area (Å²) in [5.74, 6) is 0.536. The van der Waals surface area contributed by atoms with Crippen molar-refractivity contribution in [3.05, 3.63) is 29.8 Å². The molecule has 0 spiro atoms. The third-order valence-corrected chi connectivity index (χ3v) is 2.52. The lowest BCUT2D eigenvalue weighted by atomic mass is 10.1. The highest BCUT2D eigenvalue weighted by atomic mass is 16.2. The summed E-state index contributed by atoms with van der Waals surface area (Å²) >= 11 is 0. The summed E-state index contributed by atoms with van der Waals surface area (Å²) in [6.45, 7) is 4.62. The van der Waals surface area contributed by atoms with Gasteiger partial charge in [0.2, 0.25) is 5.91 Å². The van der Waals surface area contributed by atoms with Gasteiger partial charge in [-0.25, -0.2) is 0 Å². The van der Waals surface area contributed by atoms with Crippen LogP contribution in [0.5, 0.6) is 0 Å². The molecule has 0 radical (unpaired) electrons. The zero-order valence-electron chi connectivity index (χ0n) is 10.2. The van der Waals surface area contributed by atoms with Crippen LogP contribution in [0.4, 0.5) is 5.69 Å². The average molecular weight is 220 g/mol. The van der Waals surface area contributed by atoms with Gasteiger partial charge < -0.3 is 10.6 Å². The second-order valence-corrected chi connectivity index (χ2v) is 4.42. The van der Waals surface area contributed by atoms with E-state index in [1.807, 2.05) is 45.2 Å². The van der Waals surface area contributed by atoms with Crippen LogP contribution in [0, 0.1) is 5.92 Å². The minimum atomic E-state index is 0.149. The van der Waals surface area contributed by atoms with E-state index in [0.717, 1.165) is 11.3 Å². The maximum absolute atomic E-state index is 11.8. The highest BCUT2D eigenvalue weighted by molar-refractivity contribution is 5.92. The minimum absolute atomic E-state index is 0.149. The molecule has 0 aliphatic rings. The first-order valence-corrected chi connectivity index (χ1v) is 5.60. The molecule has 1 aromatic carbocycles. The minimum Gasteiger partial charge on any atom is -0.326 e. The monoisotopic (exact) mass is 220 g/mol. The van der Waals surface area contributed by atoms with Gasteiger partial charge in [0.1, 0.15) is 0 Å². The fourth-order valence-corrected chi connectivity index (χ4v) is 1.49. The van der Waals surface area contributed by atoms with Gasteiger partial charge in [-0.3, -0.25) is 4.79 Å². The largest absolute Gasteiger partial charge is 0.326 e. The summed E-state index contributed by atoms with van der Waals surface area (Å²) in [5, 5.41) is 0. The van der Waals surface area contributed by atoms with Crippen LogP contribution >= 0.6 is 0 Å². The number of nitrogens with zero attached hydrogens (tertiary/aromatic N) is 1. The van der Waals surface area contributed by atoms with Gasteiger partial charge in [0.25, 0.3) is 0 Å². The normalized spacial score (nSPS) is 10.6. The molecule has 16 heavy (non-hydrogen) atoms. The maximum Gasteiger partial charge on any atom is 0.226 e.